The lowest BCUT2D eigenvalue weighted by Gasteiger charge is -2.45. The van der Waals surface area contributed by atoms with Gasteiger partial charge in [-0.3, -0.25) is 0 Å². The zero-order valence-corrected chi connectivity index (χ0v) is 19.9. The van der Waals surface area contributed by atoms with Crippen molar-refractivity contribution in [3.8, 4) is 0 Å². The summed E-state index contributed by atoms with van der Waals surface area (Å²) in [7, 11) is -1.09. The molecule has 3 aliphatic rings. The summed E-state index contributed by atoms with van der Waals surface area (Å²) in [5, 5.41) is 0. The van der Waals surface area contributed by atoms with Crippen molar-refractivity contribution in [2.24, 2.45) is 0 Å². The van der Waals surface area contributed by atoms with Crippen LogP contribution in [0.5, 0.6) is 0 Å². The molecule has 0 radical (unpaired) electrons. The van der Waals surface area contributed by atoms with Gasteiger partial charge in [0.05, 0.1) is 17.0 Å². The zero-order chi connectivity index (χ0) is 19.3. The Labute approximate surface area is 171 Å². The first kappa shape index (κ1) is 21.8. The van der Waals surface area contributed by atoms with Crippen LogP contribution in [0.2, 0.25) is 0 Å². The second kappa shape index (κ2) is 10.2. The van der Waals surface area contributed by atoms with Crippen molar-refractivity contribution in [1.29, 1.82) is 0 Å². The van der Waals surface area contributed by atoms with Crippen molar-refractivity contribution in [2.75, 3.05) is 0 Å². The van der Waals surface area contributed by atoms with Gasteiger partial charge in [-0.2, -0.15) is 0 Å². The summed E-state index contributed by atoms with van der Waals surface area (Å²) in [6.45, 7) is 9.75. The highest BCUT2D eigenvalue weighted by Crippen LogP contribution is 2.75. The molecule has 0 atom stereocenters. The Hall–Kier alpha value is 0.100. The van der Waals surface area contributed by atoms with Gasteiger partial charge in [-0.05, 0) is 105 Å². The molecule has 0 aliphatic heterocycles. The molecule has 0 unspecified atom stereocenters. The fourth-order valence-corrected chi connectivity index (χ4v) is 14.0. The second-order valence-corrected chi connectivity index (χ2v) is 14.7. The van der Waals surface area contributed by atoms with Gasteiger partial charge in [-0.1, -0.05) is 19.3 Å². The zero-order valence-electron chi connectivity index (χ0n) is 19.0. The quantitative estimate of drug-likeness (QED) is 0.245. The van der Waals surface area contributed by atoms with Crippen LogP contribution in [0.3, 0.4) is 0 Å². The van der Waals surface area contributed by atoms with E-state index in [2.05, 4.69) is 38.2 Å². The molecule has 2 heteroatoms. The van der Waals surface area contributed by atoms with Crippen molar-refractivity contribution in [1.82, 2.24) is 0 Å². The predicted molar refractivity (Wildman–Crippen MR) is 124 cm³/mol. The Morgan fingerprint density at radius 1 is 0.556 bits per heavy atom. The highest BCUT2D eigenvalue weighted by Gasteiger charge is 2.59. The van der Waals surface area contributed by atoms with E-state index >= 15 is 0 Å². The van der Waals surface area contributed by atoms with Gasteiger partial charge in [0.2, 0.25) is 0 Å². The van der Waals surface area contributed by atoms with Gasteiger partial charge in [-0.25, -0.2) is 4.58 Å². The molecule has 1 nitrogen and oxygen atoms in total. The molecule has 0 aromatic rings. The van der Waals surface area contributed by atoms with Crippen molar-refractivity contribution in [2.45, 2.75) is 153 Å². The van der Waals surface area contributed by atoms with Crippen molar-refractivity contribution >= 4 is 13.2 Å². The minimum absolute atomic E-state index is 0.653. The van der Waals surface area contributed by atoms with Crippen LogP contribution in [0.25, 0.3) is 0 Å². The molecule has 0 saturated heterocycles. The lowest BCUT2D eigenvalue weighted by molar-refractivity contribution is -0.581. The van der Waals surface area contributed by atoms with Crippen molar-refractivity contribution in [3.63, 3.8) is 0 Å². The van der Waals surface area contributed by atoms with Gasteiger partial charge in [-0.15, -0.1) is 0 Å². The van der Waals surface area contributed by atoms with Crippen LogP contribution in [0, 0.1) is 0 Å². The third-order valence-electron chi connectivity index (χ3n) is 8.15. The van der Waals surface area contributed by atoms with Crippen LogP contribution >= 0.6 is 7.26 Å². The maximum absolute atomic E-state index is 3.02. The third kappa shape index (κ3) is 4.99. The summed E-state index contributed by atoms with van der Waals surface area (Å²) in [6.07, 6.45) is 23.0. The van der Waals surface area contributed by atoms with E-state index in [1.165, 1.54) is 57.8 Å². The summed E-state index contributed by atoms with van der Waals surface area (Å²) in [6, 6.07) is 1.31. The Balaban J connectivity index is 2.08. The minimum atomic E-state index is -1.09. The van der Waals surface area contributed by atoms with E-state index < -0.39 is 7.26 Å². The number of nitrogens with zero attached hydrogens (tertiary/aromatic N) is 1. The molecule has 0 amide bonds. The smallest absolute Gasteiger partial charge is 0.203 e. The Bertz CT molecular complexity index is 407. The van der Waals surface area contributed by atoms with Gasteiger partial charge in [0, 0.05) is 0 Å². The Kier molecular flexibility index (Phi) is 8.26. The normalized spacial score (nSPS) is 24.5. The van der Waals surface area contributed by atoms with Crippen LogP contribution in [-0.4, -0.2) is 39.6 Å². The molecule has 3 aliphatic carbocycles. The first-order valence-electron chi connectivity index (χ1n) is 12.6. The maximum Gasteiger partial charge on any atom is 0.277 e. The van der Waals surface area contributed by atoms with Crippen molar-refractivity contribution in [3.05, 3.63) is 0 Å². The van der Waals surface area contributed by atoms with E-state index in [0.29, 0.717) is 12.1 Å². The highest BCUT2D eigenvalue weighted by atomic mass is 31.2. The first-order chi connectivity index (χ1) is 13.1. The molecule has 0 aromatic heterocycles. The van der Waals surface area contributed by atoms with Crippen LogP contribution in [0.1, 0.15) is 124 Å². The van der Waals surface area contributed by atoms with Crippen LogP contribution in [0.15, 0.2) is 0 Å². The summed E-state index contributed by atoms with van der Waals surface area (Å²) in [4.78, 5) is 0. The van der Waals surface area contributed by atoms with E-state index in [1.54, 1.807) is 38.5 Å². The summed E-state index contributed by atoms with van der Waals surface area (Å²) in [5.41, 5.74) is 3.20. The average Bonchev–Trinajstić information content (AvgIpc) is 2.70. The Morgan fingerprint density at radius 2 is 0.852 bits per heavy atom. The topological polar surface area (TPSA) is 3.01 Å². The molecule has 0 heterocycles. The molecular formula is C25H48NP+2. The standard InChI is InChI=1S/C25H48NP/c1-21(2)26(22(3)4)20-27(23-14-8-5-9-15-23,24-16-10-6-11-17-24)25-18-12-7-13-19-25/h20-25H,5-19H2,1-4H3/q+2. The van der Waals surface area contributed by atoms with Gasteiger partial charge < -0.3 is 0 Å². The first-order valence-corrected chi connectivity index (χ1v) is 14.6. The Morgan fingerprint density at radius 3 is 1.11 bits per heavy atom. The van der Waals surface area contributed by atoms with Gasteiger partial charge in [0.15, 0.2) is 12.1 Å². The van der Waals surface area contributed by atoms with Crippen LogP contribution in [0.4, 0.5) is 0 Å². The van der Waals surface area contributed by atoms with Gasteiger partial charge >= 0.3 is 0 Å². The lowest BCUT2D eigenvalue weighted by atomic mass is 9.99. The van der Waals surface area contributed by atoms with Crippen LogP contribution < -0.4 is 0 Å². The molecule has 3 fully saturated rings. The van der Waals surface area contributed by atoms with E-state index in [4.69, 9.17) is 0 Å². The lowest BCUT2D eigenvalue weighted by Crippen LogP contribution is -2.40. The molecule has 27 heavy (non-hydrogen) atoms. The highest BCUT2D eigenvalue weighted by molar-refractivity contribution is 7.90. The molecule has 3 rings (SSSR count). The van der Waals surface area contributed by atoms with E-state index in [1.807, 2.05) is 0 Å². The molecule has 0 spiro atoms. The van der Waals surface area contributed by atoms with E-state index in [-0.39, 0.29) is 0 Å². The van der Waals surface area contributed by atoms with Crippen molar-refractivity contribution < 1.29 is 4.58 Å². The number of rotatable bonds is 6. The summed E-state index contributed by atoms with van der Waals surface area (Å²) < 4.78 is 2.82. The number of hydrogen-bond acceptors (Lipinski definition) is 0. The fraction of sp³-hybridized carbons (Fsp3) is 0.960. The second-order valence-electron chi connectivity index (χ2n) is 10.5. The molecular weight excluding hydrogens is 345 g/mol. The molecule has 0 bridgehead atoms. The maximum atomic E-state index is 3.02. The third-order valence-corrected chi connectivity index (χ3v) is 14.2. The average molecular weight is 394 g/mol. The fourth-order valence-electron chi connectivity index (χ4n) is 6.86. The van der Waals surface area contributed by atoms with E-state index in [9.17, 15) is 0 Å². The molecule has 0 aromatic carbocycles. The van der Waals surface area contributed by atoms with Gasteiger partial charge in [0.1, 0.15) is 7.26 Å². The monoisotopic (exact) mass is 393 g/mol. The minimum Gasteiger partial charge on any atom is -0.203 e. The molecule has 0 N–H and O–H groups in total. The SMILES string of the molecule is CC(C)[N+](=C[P+](C1CCCCC1)(C1CCCCC1)C1CCCCC1)C(C)C. The summed E-state index contributed by atoms with van der Waals surface area (Å²) >= 11 is 0. The predicted octanol–water partition coefficient (Wildman–Crippen LogP) is 7.86. The van der Waals surface area contributed by atoms with E-state index in [0.717, 1.165) is 17.0 Å². The largest absolute Gasteiger partial charge is 0.277 e. The summed E-state index contributed by atoms with van der Waals surface area (Å²) in [5.74, 6) is 3.02. The number of hydrogen-bond donors (Lipinski definition) is 0. The molecule has 3 saturated carbocycles. The van der Waals surface area contributed by atoms with Crippen LogP contribution in [-0.2, 0) is 0 Å². The van der Waals surface area contributed by atoms with Gasteiger partial charge in [0.25, 0.3) is 5.96 Å². The molecule has 156 valence electrons.